The van der Waals surface area contributed by atoms with E-state index in [1.165, 1.54) is 4.90 Å². The normalized spacial score (nSPS) is 16.0. The van der Waals surface area contributed by atoms with E-state index in [2.05, 4.69) is 10.00 Å². The average molecular weight is 321 g/mol. The van der Waals surface area contributed by atoms with Crippen LogP contribution in [-0.4, -0.2) is 57.0 Å². The Kier molecular flexibility index (Phi) is 4.31. The SMILES string of the molecule is O=C(O)N1CCN(Cc2ccc(Cl)cc2-n2cccn2)CC1. The zero-order valence-electron chi connectivity index (χ0n) is 12.0. The van der Waals surface area contributed by atoms with Crippen molar-refractivity contribution in [1.82, 2.24) is 19.6 Å². The van der Waals surface area contributed by atoms with Gasteiger partial charge in [0.05, 0.1) is 5.69 Å². The first-order valence-electron chi connectivity index (χ1n) is 7.12. The minimum Gasteiger partial charge on any atom is -0.465 e. The molecule has 116 valence electrons. The number of halogens is 1. The number of rotatable bonds is 3. The highest BCUT2D eigenvalue weighted by molar-refractivity contribution is 6.30. The van der Waals surface area contributed by atoms with Crippen molar-refractivity contribution in [3.63, 3.8) is 0 Å². The molecular formula is C15H17ClN4O2. The molecule has 1 amide bonds. The summed E-state index contributed by atoms with van der Waals surface area (Å²) in [4.78, 5) is 14.6. The number of carboxylic acid groups (broad SMARTS) is 1. The second kappa shape index (κ2) is 6.37. The Labute approximate surface area is 133 Å². The molecule has 0 aliphatic carbocycles. The fourth-order valence-corrected chi connectivity index (χ4v) is 2.80. The highest BCUT2D eigenvalue weighted by Gasteiger charge is 2.21. The molecule has 1 aromatic carbocycles. The van der Waals surface area contributed by atoms with E-state index in [1.807, 2.05) is 30.5 Å². The lowest BCUT2D eigenvalue weighted by molar-refractivity contribution is 0.103. The van der Waals surface area contributed by atoms with Crippen LogP contribution in [-0.2, 0) is 6.54 Å². The Hall–Kier alpha value is -2.05. The number of piperazine rings is 1. The zero-order valence-corrected chi connectivity index (χ0v) is 12.8. The molecule has 1 aliphatic rings. The second-order valence-corrected chi connectivity index (χ2v) is 5.71. The number of aromatic nitrogens is 2. The van der Waals surface area contributed by atoms with Crippen LogP contribution in [0.15, 0.2) is 36.7 Å². The Morgan fingerprint density at radius 3 is 2.68 bits per heavy atom. The Morgan fingerprint density at radius 2 is 2.05 bits per heavy atom. The van der Waals surface area contributed by atoms with Gasteiger partial charge >= 0.3 is 6.09 Å². The van der Waals surface area contributed by atoms with Crippen LogP contribution >= 0.6 is 11.6 Å². The van der Waals surface area contributed by atoms with Crippen molar-refractivity contribution in [1.29, 1.82) is 0 Å². The van der Waals surface area contributed by atoms with Gasteiger partial charge < -0.3 is 10.0 Å². The quantitative estimate of drug-likeness (QED) is 0.943. The molecule has 6 nitrogen and oxygen atoms in total. The lowest BCUT2D eigenvalue weighted by Crippen LogP contribution is -2.47. The summed E-state index contributed by atoms with van der Waals surface area (Å²) in [5.74, 6) is 0. The minimum atomic E-state index is -0.844. The number of benzene rings is 1. The molecule has 1 fully saturated rings. The van der Waals surface area contributed by atoms with E-state index in [-0.39, 0.29) is 0 Å². The zero-order chi connectivity index (χ0) is 15.5. The van der Waals surface area contributed by atoms with Crippen molar-refractivity contribution in [2.24, 2.45) is 0 Å². The molecule has 1 saturated heterocycles. The average Bonchev–Trinajstić information content (AvgIpc) is 3.04. The summed E-state index contributed by atoms with van der Waals surface area (Å²) in [7, 11) is 0. The van der Waals surface area contributed by atoms with Crippen LogP contribution < -0.4 is 0 Å². The van der Waals surface area contributed by atoms with E-state index in [9.17, 15) is 4.79 Å². The molecule has 0 atom stereocenters. The molecule has 3 rings (SSSR count). The van der Waals surface area contributed by atoms with Crippen LogP contribution in [0.4, 0.5) is 4.79 Å². The van der Waals surface area contributed by atoms with Crippen LogP contribution in [0.2, 0.25) is 5.02 Å². The van der Waals surface area contributed by atoms with Crippen LogP contribution in [0.3, 0.4) is 0 Å². The van der Waals surface area contributed by atoms with E-state index in [0.717, 1.165) is 30.9 Å². The van der Waals surface area contributed by atoms with Gasteiger partial charge in [-0.2, -0.15) is 5.10 Å². The molecule has 1 N–H and O–H groups in total. The number of amides is 1. The summed E-state index contributed by atoms with van der Waals surface area (Å²) in [5, 5.41) is 13.9. The van der Waals surface area contributed by atoms with Crippen molar-refractivity contribution in [2.75, 3.05) is 26.2 Å². The van der Waals surface area contributed by atoms with Gasteiger partial charge in [-0.05, 0) is 23.8 Å². The van der Waals surface area contributed by atoms with Gasteiger partial charge in [-0.15, -0.1) is 0 Å². The molecule has 0 bridgehead atoms. The van der Waals surface area contributed by atoms with Gasteiger partial charge in [0.25, 0.3) is 0 Å². The van der Waals surface area contributed by atoms with Gasteiger partial charge in [-0.25, -0.2) is 9.48 Å². The topological polar surface area (TPSA) is 61.6 Å². The van der Waals surface area contributed by atoms with E-state index >= 15 is 0 Å². The molecule has 2 heterocycles. The fourth-order valence-electron chi connectivity index (χ4n) is 2.63. The molecule has 0 radical (unpaired) electrons. The van der Waals surface area contributed by atoms with Gasteiger partial charge in [0, 0.05) is 50.1 Å². The summed E-state index contributed by atoms with van der Waals surface area (Å²) >= 11 is 6.10. The van der Waals surface area contributed by atoms with Crippen LogP contribution in [0.5, 0.6) is 0 Å². The number of hydrogen-bond donors (Lipinski definition) is 1. The van der Waals surface area contributed by atoms with Gasteiger partial charge in [-0.1, -0.05) is 17.7 Å². The molecule has 7 heteroatoms. The van der Waals surface area contributed by atoms with Gasteiger partial charge in [0.1, 0.15) is 0 Å². The standard InChI is InChI=1S/C15H17ClN4O2/c16-13-3-2-12(14(10-13)20-5-1-4-17-20)11-18-6-8-19(9-7-18)15(21)22/h1-5,10H,6-9,11H2,(H,21,22). The first-order chi connectivity index (χ1) is 10.6. The van der Waals surface area contributed by atoms with Gasteiger partial charge in [0.15, 0.2) is 0 Å². The van der Waals surface area contributed by atoms with Crippen LogP contribution in [0, 0.1) is 0 Å². The molecule has 2 aromatic rings. The number of carbonyl (C=O) groups is 1. The molecule has 0 unspecified atom stereocenters. The van der Waals surface area contributed by atoms with Crippen molar-refractivity contribution >= 4 is 17.7 Å². The third-order valence-corrected chi connectivity index (χ3v) is 4.07. The number of hydrogen-bond acceptors (Lipinski definition) is 3. The van der Waals surface area contributed by atoms with Crippen molar-refractivity contribution < 1.29 is 9.90 Å². The predicted molar refractivity (Wildman–Crippen MR) is 83.4 cm³/mol. The van der Waals surface area contributed by atoms with Crippen LogP contribution in [0.25, 0.3) is 5.69 Å². The summed E-state index contributed by atoms with van der Waals surface area (Å²) in [6, 6.07) is 7.65. The largest absolute Gasteiger partial charge is 0.465 e. The van der Waals surface area contributed by atoms with Crippen molar-refractivity contribution in [3.05, 3.63) is 47.2 Å². The van der Waals surface area contributed by atoms with E-state index < -0.39 is 6.09 Å². The lowest BCUT2D eigenvalue weighted by Gasteiger charge is -2.33. The molecule has 1 aromatic heterocycles. The van der Waals surface area contributed by atoms with Gasteiger partial charge in [-0.3, -0.25) is 4.90 Å². The van der Waals surface area contributed by atoms with Crippen molar-refractivity contribution in [2.45, 2.75) is 6.54 Å². The Bertz CT molecular complexity index is 652. The molecule has 0 saturated carbocycles. The van der Waals surface area contributed by atoms with E-state index in [1.54, 1.807) is 10.9 Å². The first-order valence-corrected chi connectivity index (χ1v) is 7.50. The maximum Gasteiger partial charge on any atom is 0.407 e. The summed E-state index contributed by atoms with van der Waals surface area (Å²) in [6.07, 6.45) is 2.77. The first kappa shape index (κ1) is 14.9. The molecule has 0 spiro atoms. The monoisotopic (exact) mass is 320 g/mol. The summed E-state index contributed by atoms with van der Waals surface area (Å²) in [5.41, 5.74) is 2.08. The highest BCUT2D eigenvalue weighted by atomic mass is 35.5. The van der Waals surface area contributed by atoms with Gasteiger partial charge in [0.2, 0.25) is 0 Å². The van der Waals surface area contributed by atoms with Crippen molar-refractivity contribution in [3.8, 4) is 5.69 Å². The Balaban J connectivity index is 1.75. The van der Waals surface area contributed by atoms with E-state index in [0.29, 0.717) is 18.1 Å². The predicted octanol–water partition coefficient (Wildman–Crippen LogP) is 2.32. The fraction of sp³-hybridized carbons (Fsp3) is 0.333. The minimum absolute atomic E-state index is 0.542. The van der Waals surface area contributed by atoms with E-state index in [4.69, 9.17) is 16.7 Å². The maximum absolute atomic E-state index is 10.9. The van der Waals surface area contributed by atoms with Crippen LogP contribution in [0.1, 0.15) is 5.56 Å². The third-order valence-electron chi connectivity index (χ3n) is 3.84. The third kappa shape index (κ3) is 3.23. The highest BCUT2D eigenvalue weighted by Crippen LogP contribution is 2.21. The number of nitrogens with zero attached hydrogens (tertiary/aromatic N) is 4. The lowest BCUT2D eigenvalue weighted by atomic mass is 10.1. The molecule has 22 heavy (non-hydrogen) atoms. The maximum atomic E-state index is 10.9. The second-order valence-electron chi connectivity index (χ2n) is 5.27. The Morgan fingerprint density at radius 1 is 1.27 bits per heavy atom. The summed E-state index contributed by atoms with van der Waals surface area (Å²) in [6.45, 7) is 3.29. The molecular weight excluding hydrogens is 304 g/mol. The smallest absolute Gasteiger partial charge is 0.407 e. The molecule has 1 aliphatic heterocycles. The summed E-state index contributed by atoms with van der Waals surface area (Å²) < 4.78 is 1.80.